The van der Waals surface area contributed by atoms with E-state index in [0.29, 0.717) is 16.8 Å². The Labute approximate surface area is 204 Å². The summed E-state index contributed by atoms with van der Waals surface area (Å²) in [5.74, 6) is -1.46. The Bertz CT molecular complexity index is 1290. The van der Waals surface area contributed by atoms with Crippen LogP contribution in [0.25, 0.3) is 0 Å². The van der Waals surface area contributed by atoms with Crippen molar-refractivity contribution < 1.29 is 24.2 Å². The van der Waals surface area contributed by atoms with Gasteiger partial charge in [0.15, 0.2) is 0 Å². The molecule has 0 aliphatic heterocycles. The molecule has 0 aliphatic carbocycles. The fourth-order valence-corrected chi connectivity index (χ4v) is 3.11. The number of nitro groups is 2. The van der Waals surface area contributed by atoms with E-state index in [1.54, 1.807) is 24.3 Å². The molecular formula is C24H21N5O7. The highest BCUT2D eigenvalue weighted by atomic mass is 16.6. The zero-order chi connectivity index (χ0) is 26.2. The van der Waals surface area contributed by atoms with Gasteiger partial charge >= 0.3 is 0 Å². The molecule has 0 spiro atoms. The number of carbonyl (C=O) groups is 3. The lowest BCUT2D eigenvalue weighted by Crippen LogP contribution is -2.34. The summed E-state index contributed by atoms with van der Waals surface area (Å²) in [6, 6.07) is 15.9. The normalized spacial score (nSPS) is 10.2. The van der Waals surface area contributed by atoms with E-state index in [0.717, 1.165) is 23.8 Å². The second-order valence-corrected chi connectivity index (χ2v) is 7.66. The van der Waals surface area contributed by atoms with Crippen LogP contribution in [0.2, 0.25) is 0 Å². The number of carbonyl (C=O) groups excluding carboxylic acids is 3. The summed E-state index contributed by atoms with van der Waals surface area (Å²) >= 11 is 0. The van der Waals surface area contributed by atoms with Gasteiger partial charge in [0.25, 0.3) is 29.1 Å². The van der Waals surface area contributed by atoms with E-state index in [4.69, 9.17) is 0 Å². The van der Waals surface area contributed by atoms with Crippen LogP contribution in [0.15, 0.2) is 66.7 Å². The summed E-state index contributed by atoms with van der Waals surface area (Å²) in [6.45, 7) is 1.93. The van der Waals surface area contributed by atoms with Crippen LogP contribution < -0.4 is 16.0 Å². The van der Waals surface area contributed by atoms with Gasteiger partial charge < -0.3 is 16.0 Å². The predicted octanol–water partition coefficient (Wildman–Crippen LogP) is 3.22. The van der Waals surface area contributed by atoms with Gasteiger partial charge in [-0.15, -0.1) is 0 Å². The summed E-state index contributed by atoms with van der Waals surface area (Å²) in [5, 5.41) is 29.7. The highest BCUT2D eigenvalue weighted by molar-refractivity contribution is 6.04. The SMILES string of the molecule is Cc1ccc(C(=O)Nc2ccc(C(=O)NCCNC(=O)c3cc([N+](=O)[O-])cc([N+](=O)[O-])c3)cc2)cc1. The standard InChI is InChI=1S/C24H21N5O7/c1-15-2-4-17(5-3-15)24(32)27-19-8-6-16(7-9-19)22(30)25-10-11-26-23(31)18-12-20(28(33)34)14-21(13-18)29(35)36/h2-9,12-14H,10-11H2,1H3,(H,25,30)(H,26,31)(H,27,32). The summed E-state index contributed by atoms with van der Waals surface area (Å²) in [7, 11) is 0. The van der Waals surface area contributed by atoms with Crippen molar-refractivity contribution in [3.63, 3.8) is 0 Å². The Balaban J connectivity index is 1.50. The molecule has 0 fully saturated rings. The molecule has 3 rings (SSSR count). The van der Waals surface area contributed by atoms with Crippen molar-refractivity contribution in [3.05, 3.63) is 109 Å². The summed E-state index contributed by atoms with van der Waals surface area (Å²) < 4.78 is 0. The van der Waals surface area contributed by atoms with Crippen molar-refractivity contribution in [1.29, 1.82) is 0 Å². The van der Waals surface area contributed by atoms with E-state index >= 15 is 0 Å². The highest BCUT2D eigenvalue weighted by Gasteiger charge is 2.19. The monoisotopic (exact) mass is 491 g/mol. The number of nitrogens with zero attached hydrogens (tertiary/aromatic N) is 2. The fraction of sp³-hybridized carbons (Fsp3) is 0.125. The molecule has 3 N–H and O–H groups in total. The van der Waals surface area contributed by atoms with Gasteiger partial charge in [0, 0.05) is 42.0 Å². The molecule has 12 nitrogen and oxygen atoms in total. The Morgan fingerprint density at radius 2 is 1.11 bits per heavy atom. The minimum absolute atomic E-state index is 0.0221. The smallest absolute Gasteiger partial charge is 0.277 e. The van der Waals surface area contributed by atoms with Crippen LogP contribution >= 0.6 is 0 Å². The van der Waals surface area contributed by atoms with Crippen LogP contribution in [0, 0.1) is 27.2 Å². The number of rotatable bonds is 9. The predicted molar refractivity (Wildman–Crippen MR) is 130 cm³/mol. The number of hydrogen-bond donors (Lipinski definition) is 3. The van der Waals surface area contributed by atoms with Gasteiger partial charge in [-0.05, 0) is 43.3 Å². The average Bonchev–Trinajstić information content (AvgIpc) is 2.86. The molecule has 0 atom stereocenters. The largest absolute Gasteiger partial charge is 0.350 e. The number of nitro benzene ring substituents is 2. The maximum Gasteiger partial charge on any atom is 0.277 e. The summed E-state index contributed by atoms with van der Waals surface area (Å²) in [6.07, 6.45) is 0. The molecule has 184 valence electrons. The third kappa shape index (κ3) is 6.70. The second-order valence-electron chi connectivity index (χ2n) is 7.66. The maximum absolute atomic E-state index is 12.3. The number of hydrogen-bond acceptors (Lipinski definition) is 7. The number of aryl methyl sites for hydroxylation is 1. The molecular weight excluding hydrogens is 470 g/mol. The zero-order valence-electron chi connectivity index (χ0n) is 19.0. The molecule has 0 radical (unpaired) electrons. The highest BCUT2D eigenvalue weighted by Crippen LogP contribution is 2.22. The third-order valence-electron chi connectivity index (χ3n) is 5.00. The van der Waals surface area contributed by atoms with E-state index in [1.165, 1.54) is 12.1 Å². The van der Waals surface area contributed by atoms with Gasteiger partial charge in [0.2, 0.25) is 0 Å². The van der Waals surface area contributed by atoms with Gasteiger partial charge in [-0.2, -0.15) is 0 Å². The van der Waals surface area contributed by atoms with Crippen LogP contribution in [-0.4, -0.2) is 40.7 Å². The summed E-state index contributed by atoms with van der Waals surface area (Å²) in [5.41, 5.74) is 0.964. The van der Waals surface area contributed by atoms with Gasteiger partial charge in [-0.3, -0.25) is 34.6 Å². The average molecular weight is 491 g/mol. The lowest BCUT2D eigenvalue weighted by Gasteiger charge is -2.09. The molecule has 0 unspecified atom stereocenters. The first-order chi connectivity index (χ1) is 17.1. The van der Waals surface area contributed by atoms with Crippen molar-refractivity contribution in [2.24, 2.45) is 0 Å². The number of amides is 3. The van der Waals surface area contributed by atoms with Crippen LogP contribution in [0.1, 0.15) is 36.6 Å². The van der Waals surface area contributed by atoms with Crippen molar-refractivity contribution in [2.75, 3.05) is 18.4 Å². The Morgan fingerprint density at radius 3 is 1.61 bits per heavy atom. The molecule has 0 aliphatic rings. The third-order valence-corrected chi connectivity index (χ3v) is 5.00. The first-order valence-electron chi connectivity index (χ1n) is 10.6. The molecule has 0 aromatic heterocycles. The van der Waals surface area contributed by atoms with E-state index in [1.807, 2.05) is 19.1 Å². The molecule has 3 aromatic carbocycles. The molecule has 3 amide bonds. The fourth-order valence-electron chi connectivity index (χ4n) is 3.11. The van der Waals surface area contributed by atoms with Crippen molar-refractivity contribution in [2.45, 2.75) is 6.92 Å². The van der Waals surface area contributed by atoms with Crippen molar-refractivity contribution >= 4 is 34.8 Å². The van der Waals surface area contributed by atoms with E-state index in [2.05, 4.69) is 16.0 Å². The Morgan fingerprint density at radius 1 is 0.667 bits per heavy atom. The molecule has 3 aromatic rings. The molecule has 0 heterocycles. The molecule has 36 heavy (non-hydrogen) atoms. The number of nitrogens with one attached hydrogen (secondary N) is 3. The first kappa shape index (κ1) is 25.5. The maximum atomic E-state index is 12.3. The number of non-ortho nitro benzene ring substituents is 2. The van der Waals surface area contributed by atoms with Gasteiger partial charge in [0.05, 0.1) is 21.5 Å². The molecule has 0 saturated heterocycles. The number of anilines is 1. The van der Waals surface area contributed by atoms with Gasteiger partial charge in [-0.1, -0.05) is 17.7 Å². The van der Waals surface area contributed by atoms with Gasteiger partial charge in [0.1, 0.15) is 0 Å². The van der Waals surface area contributed by atoms with Crippen LogP contribution in [0.3, 0.4) is 0 Å². The quantitative estimate of drug-likeness (QED) is 0.234. The number of benzene rings is 3. The lowest BCUT2D eigenvalue weighted by atomic mass is 10.1. The van der Waals surface area contributed by atoms with E-state index in [-0.39, 0.29) is 24.6 Å². The topological polar surface area (TPSA) is 174 Å². The van der Waals surface area contributed by atoms with Crippen molar-refractivity contribution in [1.82, 2.24) is 10.6 Å². The minimum Gasteiger partial charge on any atom is -0.350 e. The van der Waals surface area contributed by atoms with Crippen molar-refractivity contribution in [3.8, 4) is 0 Å². The first-order valence-corrected chi connectivity index (χ1v) is 10.6. The Hall–Kier alpha value is -5.13. The zero-order valence-corrected chi connectivity index (χ0v) is 19.0. The molecule has 0 bridgehead atoms. The summed E-state index contributed by atoms with van der Waals surface area (Å²) in [4.78, 5) is 57.1. The lowest BCUT2D eigenvalue weighted by molar-refractivity contribution is -0.394. The van der Waals surface area contributed by atoms with Gasteiger partial charge in [-0.25, -0.2) is 0 Å². The van der Waals surface area contributed by atoms with Crippen LogP contribution in [-0.2, 0) is 0 Å². The van der Waals surface area contributed by atoms with Crippen LogP contribution in [0.4, 0.5) is 17.1 Å². The molecule has 0 saturated carbocycles. The van der Waals surface area contributed by atoms with E-state index in [9.17, 15) is 34.6 Å². The second kappa shape index (κ2) is 11.3. The van der Waals surface area contributed by atoms with Crippen LogP contribution in [0.5, 0.6) is 0 Å². The minimum atomic E-state index is -0.830. The van der Waals surface area contributed by atoms with E-state index < -0.39 is 33.0 Å². The molecule has 12 heteroatoms. The Kier molecular flexibility index (Phi) is 8.02.